The molecule has 2 saturated heterocycles. The quantitative estimate of drug-likeness (QED) is 0.0463. The molecule has 54 heavy (non-hydrogen) atoms. The average molecular weight is 813 g/mol. The molecule has 2 unspecified atom stereocenters. The summed E-state index contributed by atoms with van der Waals surface area (Å²) in [5.41, 5.74) is 5.19. The number of hydrogen-bond donors (Lipinski definition) is 10. The zero-order chi connectivity index (χ0) is 39.4. The summed E-state index contributed by atoms with van der Waals surface area (Å²) in [6.07, 6.45) is -7.68. The van der Waals surface area contributed by atoms with Gasteiger partial charge in [-0.2, -0.15) is 9.29 Å². The minimum Gasteiger partial charge on any atom is -0.481 e. The van der Waals surface area contributed by atoms with Crippen molar-refractivity contribution in [1.29, 1.82) is 0 Å². The number of carbonyl (C=O) groups is 1. The second-order valence-corrected chi connectivity index (χ2v) is 15.7. The first-order valence-electron chi connectivity index (χ1n) is 16.7. The Balaban J connectivity index is 1.11. The number of aromatic nitrogens is 7. The van der Waals surface area contributed by atoms with Crippen molar-refractivity contribution in [2.24, 2.45) is 0 Å². The molecule has 5 heterocycles. The summed E-state index contributed by atoms with van der Waals surface area (Å²) in [6.45, 7) is -1.28. The summed E-state index contributed by atoms with van der Waals surface area (Å²) in [4.78, 5) is 53.2. The fraction of sp³-hybridized carbons (Fsp3) is 0.704. The van der Waals surface area contributed by atoms with Gasteiger partial charge in [-0.3, -0.25) is 28.2 Å². The van der Waals surface area contributed by atoms with E-state index in [4.69, 9.17) is 29.4 Å². The summed E-state index contributed by atoms with van der Waals surface area (Å²) in [5.74, 6) is -1.10. The monoisotopic (exact) mass is 812 g/mol. The Bertz CT molecular complexity index is 1890. The number of hydrogen-bond acceptors (Lipinski definition) is 19. The molecule has 0 aliphatic carbocycles. The standard InChI is InChI=1S/C27H42N8O17P2/c28-27-30-23-17(24(43)31-27)29-12-35(23)25-21(41)19(39)15(49-25)11-48-53(44,45)52-54(46,47)51-26-22(42)20(40)18(38)14(50-26)10-34-9-13(32-33-34)7-5-3-1-2-4-6-8-16(36)37/h9,12,14-15,18-22,25-26,38-42H,1-8,10-11H2,(H,36,37)(H,44,45)(H,46,47)(H3,28,30,31,43)/t14-,15+,18+,19+,20+,21+,22-,25+,26+/m0/s1. The molecule has 11 atom stereocenters. The Hall–Kier alpha value is -3.26. The van der Waals surface area contributed by atoms with Crippen LogP contribution in [-0.2, 0) is 49.7 Å². The number of H-pyrrole nitrogens is 1. The highest BCUT2D eigenvalue weighted by molar-refractivity contribution is 7.61. The van der Waals surface area contributed by atoms with Gasteiger partial charge in [0.1, 0.15) is 42.7 Å². The summed E-state index contributed by atoms with van der Waals surface area (Å²) in [7, 11) is -11.2. The van der Waals surface area contributed by atoms with E-state index in [9.17, 15) is 54.0 Å². The normalized spacial score (nSPS) is 29.6. The van der Waals surface area contributed by atoms with E-state index < -0.39 is 89.0 Å². The van der Waals surface area contributed by atoms with Crippen LogP contribution in [0.5, 0.6) is 0 Å². The van der Waals surface area contributed by atoms with Gasteiger partial charge in [-0.15, -0.1) is 5.10 Å². The van der Waals surface area contributed by atoms with E-state index in [1.54, 1.807) is 6.20 Å². The molecule has 2 aliphatic heterocycles. The van der Waals surface area contributed by atoms with Gasteiger partial charge in [-0.25, -0.2) is 18.8 Å². The van der Waals surface area contributed by atoms with Gasteiger partial charge in [0.05, 0.1) is 25.2 Å². The zero-order valence-corrected chi connectivity index (χ0v) is 30.1. The molecule has 0 bridgehead atoms. The fourth-order valence-electron chi connectivity index (χ4n) is 5.87. The molecule has 27 heteroatoms. The minimum atomic E-state index is -5.67. The van der Waals surface area contributed by atoms with Crippen molar-refractivity contribution in [2.45, 2.75) is 113 Å². The number of imidazole rings is 1. The highest BCUT2D eigenvalue weighted by Gasteiger charge is 2.50. The highest BCUT2D eigenvalue weighted by atomic mass is 31.3. The van der Waals surface area contributed by atoms with E-state index in [1.165, 1.54) is 4.68 Å². The fourth-order valence-corrected chi connectivity index (χ4v) is 8.03. The van der Waals surface area contributed by atoms with Gasteiger partial charge >= 0.3 is 21.6 Å². The number of carboxylic acids is 1. The Morgan fingerprint density at radius 3 is 2.33 bits per heavy atom. The van der Waals surface area contributed by atoms with Crippen LogP contribution >= 0.6 is 15.6 Å². The number of rotatable bonds is 19. The number of aliphatic carboxylic acids is 1. The van der Waals surface area contributed by atoms with E-state index in [-0.39, 0.29) is 30.1 Å². The number of aromatic amines is 1. The van der Waals surface area contributed by atoms with Crippen molar-refractivity contribution in [1.82, 2.24) is 34.5 Å². The SMILES string of the molecule is Nc1nc2c(ncn2[C@@H]2O[C@H](COP(=O)(O)OP(=O)(O)O[C@H]3O[C@@H](Cn4cc(CCCCCCCCC(=O)O)nn4)[C@@H](O)[C@@H](O)[C@@H]3O)[C@@H](O)[C@H]2O)c(=O)[nH]1. The smallest absolute Gasteiger partial charge is 0.481 e. The third-order valence-electron chi connectivity index (χ3n) is 8.60. The molecule has 3 aromatic rings. The lowest BCUT2D eigenvalue weighted by Gasteiger charge is -2.40. The number of aryl methyl sites for hydroxylation is 1. The van der Waals surface area contributed by atoms with Gasteiger partial charge < -0.3 is 55.6 Å². The van der Waals surface area contributed by atoms with Crippen LogP contribution < -0.4 is 11.3 Å². The molecular weight excluding hydrogens is 770 g/mol. The molecule has 2 fully saturated rings. The van der Waals surface area contributed by atoms with Crippen molar-refractivity contribution < 1.29 is 77.2 Å². The van der Waals surface area contributed by atoms with Crippen molar-refractivity contribution in [3.8, 4) is 0 Å². The van der Waals surface area contributed by atoms with Crippen LogP contribution in [0.25, 0.3) is 11.2 Å². The number of phosphoric acid groups is 2. The number of anilines is 1. The molecular formula is C27H42N8O17P2. The lowest BCUT2D eigenvalue weighted by molar-refractivity contribution is -0.278. The number of aliphatic hydroxyl groups excluding tert-OH is 5. The summed E-state index contributed by atoms with van der Waals surface area (Å²) in [6, 6.07) is 0. The maximum absolute atomic E-state index is 12.8. The number of nitrogens with zero attached hydrogens (tertiary/aromatic N) is 6. The van der Waals surface area contributed by atoms with Gasteiger partial charge in [-0.05, 0) is 19.3 Å². The second kappa shape index (κ2) is 17.7. The largest absolute Gasteiger partial charge is 0.483 e. The first-order valence-corrected chi connectivity index (χ1v) is 19.7. The molecule has 0 amide bonds. The van der Waals surface area contributed by atoms with E-state index in [1.807, 2.05) is 0 Å². The van der Waals surface area contributed by atoms with E-state index in [0.717, 1.165) is 43.0 Å². The van der Waals surface area contributed by atoms with Gasteiger partial charge in [0.15, 0.2) is 23.7 Å². The second-order valence-electron chi connectivity index (χ2n) is 12.7. The molecule has 11 N–H and O–H groups in total. The number of nitrogens with one attached hydrogen (secondary N) is 1. The van der Waals surface area contributed by atoms with Crippen LogP contribution in [0.1, 0.15) is 56.9 Å². The number of ether oxygens (including phenoxy) is 2. The minimum absolute atomic E-state index is 0.118. The number of unbranched alkanes of at least 4 members (excludes halogenated alkanes) is 5. The number of aliphatic hydroxyl groups is 5. The Morgan fingerprint density at radius 2 is 1.61 bits per heavy atom. The third kappa shape index (κ3) is 10.5. The molecule has 0 spiro atoms. The molecule has 25 nitrogen and oxygen atoms in total. The van der Waals surface area contributed by atoms with Crippen LogP contribution in [0.2, 0.25) is 0 Å². The van der Waals surface area contributed by atoms with Crippen molar-refractivity contribution in [3.05, 3.63) is 28.6 Å². The molecule has 5 rings (SSSR count). The van der Waals surface area contributed by atoms with Crippen LogP contribution in [-0.4, -0.2) is 137 Å². The zero-order valence-electron chi connectivity index (χ0n) is 28.3. The topological polar surface area (TPSA) is 380 Å². The third-order valence-corrected chi connectivity index (χ3v) is 11.2. The van der Waals surface area contributed by atoms with Crippen LogP contribution in [0.4, 0.5) is 5.95 Å². The highest BCUT2D eigenvalue weighted by Crippen LogP contribution is 2.61. The number of fused-ring (bicyclic) bond motifs is 1. The molecule has 0 aromatic carbocycles. The van der Waals surface area contributed by atoms with Gasteiger partial charge in [0.2, 0.25) is 5.95 Å². The van der Waals surface area contributed by atoms with Crippen LogP contribution in [0, 0.1) is 0 Å². The summed E-state index contributed by atoms with van der Waals surface area (Å²) in [5, 5.41) is 69.1. The lowest BCUT2D eigenvalue weighted by Crippen LogP contribution is -2.58. The number of carboxylic acid groups (broad SMARTS) is 1. The maximum Gasteiger partial charge on any atom is 0.483 e. The Morgan fingerprint density at radius 1 is 0.926 bits per heavy atom. The number of phosphoric ester groups is 2. The molecule has 0 saturated carbocycles. The van der Waals surface area contributed by atoms with Gasteiger partial charge in [0, 0.05) is 12.6 Å². The maximum atomic E-state index is 12.8. The number of nitrogen functional groups attached to an aromatic ring is 1. The molecule has 2 aliphatic rings. The van der Waals surface area contributed by atoms with Crippen molar-refractivity contribution in [3.63, 3.8) is 0 Å². The first-order chi connectivity index (χ1) is 25.4. The Labute approximate surface area is 304 Å². The van der Waals surface area contributed by atoms with E-state index in [2.05, 4.69) is 29.6 Å². The van der Waals surface area contributed by atoms with Crippen molar-refractivity contribution in [2.75, 3.05) is 12.3 Å². The first kappa shape index (κ1) is 41.9. The lowest BCUT2D eigenvalue weighted by atomic mass is 9.99. The van der Waals surface area contributed by atoms with Gasteiger partial charge in [-0.1, -0.05) is 30.9 Å². The summed E-state index contributed by atoms with van der Waals surface area (Å²) < 4.78 is 52.5. The van der Waals surface area contributed by atoms with Crippen molar-refractivity contribution >= 4 is 38.7 Å². The summed E-state index contributed by atoms with van der Waals surface area (Å²) >= 11 is 0. The average Bonchev–Trinajstić information content (AvgIpc) is 3.79. The van der Waals surface area contributed by atoms with Crippen LogP contribution in [0.15, 0.2) is 17.3 Å². The van der Waals surface area contributed by atoms with Crippen LogP contribution in [0.3, 0.4) is 0 Å². The molecule has 3 aromatic heterocycles. The molecule has 302 valence electrons. The van der Waals surface area contributed by atoms with E-state index >= 15 is 0 Å². The number of nitrogens with two attached hydrogens (primary N) is 1. The predicted molar refractivity (Wildman–Crippen MR) is 177 cm³/mol. The molecule has 0 radical (unpaired) electrons. The Kier molecular flexibility index (Phi) is 13.7. The predicted octanol–water partition coefficient (Wildman–Crippen LogP) is -1.97. The van der Waals surface area contributed by atoms with E-state index in [0.29, 0.717) is 18.5 Å². The van der Waals surface area contributed by atoms with Gasteiger partial charge in [0.25, 0.3) is 5.56 Å².